The first-order valence-electron chi connectivity index (χ1n) is 5.82. The average Bonchev–Trinajstić information content (AvgIpc) is 2.84. The van der Waals surface area contributed by atoms with Crippen LogP contribution in [0.25, 0.3) is 11.5 Å². The molecular weight excluding hydrogens is 232 g/mol. The van der Waals surface area contributed by atoms with Crippen LogP contribution in [0.2, 0.25) is 0 Å². The Morgan fingerprint density at radius 2 is 2.22 bits per heavy atom. The van der Waals surface area contributed by atoms with Gasteiger partial charge in [-0.15, -0.1) is 0 Å². The SMILES string of the molecule is CCC(OC)c1noc(-c2ccc(O)c(C)c2)n1. The maximum Gasteiger partial charge on any atom is 0.258 e. The highest BCUT2D eigenvalue weighted by Gasteiger charge is 2.17. The van der Waals surface area contributed by atoms with Gasteiger partial charge in [0.2, 0.25) is 5.82 Å². The number of hydrogen-bond acceptors (Lipinski definition) is 5. The highest BCUT2D eigenvalue weighted by atomic mass is 16.5. The summed E-state index contributed by atoms with van der Waals surface area (Å²) in [7, 11) is 1.62. The molecule has 1 heterocycles. The molecule has 1 aromatic heterocycles. The molecule has 1 atom stereocenters. The molecule has 2 rings (SSSR count). The van der Waals surface area contributed by atoms with Gasteiger partial charge in [0.15, 0.2) is 0 Å². The first kappa shape index (κ1) is 12.6. The van der Waals surface area contributed by atoms with Gasteiger partial charge in [-0.3, -0.25) is 0 Å². The molecule has 1 unspecified atom stereocenters. The number of aromatic nitrogens is 2. The fraction of sp³-hybridized carbons (Fsp3) is 0.385. The van der Waals surface area contributed by atoms with Crippen LogP contribution in [0.1, 0.15) is 30.8 Å². The maximum absolute atomic E-state index is 9.47. The van der Waals surface area contributed by atoms with E-state index in [1.807, 2.05) is 13.8 Å². The zero-order valence-electron chi connectivity index (χ0n) is 10.7. The molecule has 0 saturated heterocycles. The third-order valence-corrected chi connectivity index (χ3v) is 2.83. The number of benzene rings is 1. The van der Waals surface area contributed by atoms with Crippen molar-refractivity contribution in [3.8, 4) is 17.2 Å². The van der Waals surface area contributed by atoms with Crippen LogP contribution >= 0.6 is 0 Å². The van der Waals surface area contributed by atoms with Crippen molar-refractivity contribution in [2.75, 3.05) is 7.11 Å². The first-order valence-corrected chi connectivity index (χ1v) is 5.82. The van der Waals surface area contributed by atoms with Gasteiger partial charge in [-0.25, -0.2) is 0 Å². The van der Waals surface area contributed by atoms with Gasteiger partial charge < -0.3 is 14.4 Å². The minimum Gasteiger partial charge on any atom is -0.508 e. The second-order valence-electron chi connectivity index (χ2n) is 4.09. The van der Waals surface area contributed by atoms with Crippen molar-refractivity contribution >= 4 is 0 Å². The van der Waals surface area contributed by atoms with Crippen molar-refractivity contribution < 1.29 is 14.4 Å². The van der Waals surface area contributed by atoms with Gasteiger partial charge in [-0.05, 0) is 37.1 Å². The number of rotatable bonds is 4. The molecule has 18 heavy (non-hydrogen) atoms. The van der Waals surface area contributed by atoms with Crippen LogP contribution in [0.3, 0.4) is 0 Å². The maximum atomic E-state index is 9.47. The Hall–Kier alpha value is -1.88. The molecule has 0 aliphatic carbocycles. The van der Waals surface area contributed by atoms with E-state index in [-0.39, 0.29) is 11.9 Å². The molecule has 0 aliphatic heterocycles. The minimum absolute atomic E-state index is 0.152. The van der Waals surface area contributed by atoms with Gasteiger partial charge in [0, 0.05) is 12.7 Å². The fourth-order valence-corrected chi connectivity index (χ4v) is 1.73. The van der Waals surface area contributed by atoms with E-state index < -0.39 is 0 Å². The minimum atomic E-state index is -0.152. The number of aromatic hydroxyl groups is 1. The van der Waals surface area contributed by atoms with Crippen LogP contribution in [0.5, 0.6) is 5.75 Å². The monoisotopic (exact) mass is 248 g/mol. The Balaban J connectivity index is 2.31. The van der Waals surface area contributed by atoms with Crippen molar-refractivity contribution in [3.63, 3.8) is 0 Å². The smallest absolute Gasteiger partial charge is 0.258 e. The summed E-state index contributed by atoms with van der Waals surface area (Å²) in [5.74, 6) is 1.23. The third-order valence-electron chi connectivity index (χ3n) is 2.83. The lowest BCUT2D eigenvalue weighted by atomic mass is 10.1. The molecule has 0 radical (unpaired) electrons. The van der Waals surface area contributed by atoms with E-state index in [1.165, 1.54) is 0 Å². The summed E-state index contributed by atoms with van der Waals surface area (Å²) in [4.78, 5) is 4.31. The molecule has 0 saturated carbocycles. The van der Waals surface area contributed by atoms with Gasteiger partial charge in [-0.1, -0.05) is 12.1 Å². The Morgan fingerprint density at radius 1 is 1.44 bits per heavy atom. The number of phenols is 1. The van der Waals surface area contributed by atoms with E-state index in [4.69, 9.17) is 9.26 Å². The van der Waals surface area contributed by atoms with Crippen molar-refractivity contribution in [2.45, 2.75) is 26.4 Å². The summed E-state index contributed by atoms with van der Waals surface area (Å²) in [6.45, 7) is 3.81. The summed E-state index contributed by atoms with van der Waals surface area (Å²) < 4.78 is 10.5. The fourth-order valence-electron chi connectivity index (χ4n) is 1.73. The van der Waals surface area contributed by atoms with E-state index in [9.17, 15) is 5.11 Å². The number of aryl methyl sites for hydroxylation is 1. The van der Waals surface area contributed by atoms with Crippen LogP contribution in [-0.4, -0.2) is 22.4 Å². The van der Waals surface area contributed by atoms with E-state index in [0.29, 0.717) is 11.7 Å². The lowest BCUT2D eigenvalue weighted by Crippen LogP contribution is -2.01. The molecule has 0 fully saturated rings. The standard InChI is InChI=1S/C13H16N2O3/c1-4-11(17-3)12-14-13(18-15-12)9-5-6-10(16)8(2)7-9/h5-7,11,16H,4H2,1-3H3. The summed E-state index contributed by atoms with van der Waals surface area (Å²) in [6.07, 6.45) is 0.630. The normalized spacial score (nSPS) is 12.6. The molecule has 1 aromatic carbocycles. The molecule has 1 N–H and O–H groups in total. The number of hydrogen-bond donors (Lipinski definition) is 1. The van der Waals surface area contributed by atoms with Gasteiger partial charge >= 0.3 is 0 Å². The molecular formula is C13H16N2O3. The average molecular weight is 248 g/mol. The quantitative estimate of drug-likeness (QED) is 0.901. The Bertz CT molecular complexity index is 533. The molecule has 0 amide bonds. The zero-order chi connectivity index (χ0) is 13.1. The summed E-state index contributed by atoms with van der Waals surface area (Å²) in [6, 6.07) is 5.16. The molecule has 96 valence electrons. The third kappa shape index (κ3) is 2.36. The number of methoxy groups -OCH3 is 1. The predicted octanol–water partition coefficient (Wildman–Crippen LogP) is 2.85. The van der Waals surface area contributed by atoms with Gasteiger partial charge in [0.25, 0.3) is 5.89 Å². The largest absolute Gasteiger partial charge is 0.508 e. The summed E-state index contributed by atoms with van der Waals surface area (Å²) in [5.41, 5.74) is 1.56. The van der Waals surface area contributed by atoms with Crippen molar-refractivity contribution in [3.05, 3.63) is 29.6 Å². The molecule has 5 heteroatoms. The Labute approximate surface area is 105 Å². The van der Waals surface area contributed by atoms with Crippen LogP contribution in [-0.2, 0) is 4.74 Å². The Morgan fingerprint density at radius 3 is 2.83 bits per heavy atom. The molecule has 2 aromatic rings. The van der Waals surface area contributed by atoms with Crippen molar-refractivity contribution in [1.82, 2.24) is 10.1 Å². The second-order valence-corrected chi connectivity index (χ2v) is 4.09. The summed E-state index contributed by atoms with van der Waals surface area (Å²) in [5, 5.41) is 13.4. The molecule has 5 nitrogen and oxygen atoms in total. The van der Waals surface area contributed by atoms with E-state index >= 15 is 0 Å². The number of nitrogens with zero attached hydrogens (tertiary/aromatic N) is 2. The molecule has 0 aliphatic rings. The Kier molecular flexibility index (Phi) is 3.62. The molecule has 0 bridgehead atoms. The van der Waals surface area contributed by atoms with Crippen molar-refractivity contribution in [1.29, 1.82) is 0 Å². The van der Waals surface area contributed by atoms with Crippen LogP contribution in [0, 0.1) is 6.92 Å². The zero-order valence-corrected chi connectivity index (χ0v) is 10.7. The first-order chi connectivity index (χ1) is 8.65. The van der Waals surface area contributed by atoms with Gasteiger partial charge in [0.05, 0.1) is 0 Å². The number of ether oxygens (including phenoxy) is 1. The van der Waals surface area contributed by atoms with Gasteiger partial charge in [0.1, 0.15) is 11.9 Å². The van der Waals surface area contributed by atoms with Crippen LogP contribution in [0.4, 0.5) is 0 Å². The predicted molar refractivity (Wildman–Crippen MR) is 66.2 cm³/mol. The van der Waals surface area contributed by atoms with E-state index in [1.54, 1.807) is 25.3 Å². The highest BCUT2D eigenvalue weighted by molar-refractivity contribution is 5.56. The van der Waals surface area contributed by atoms with E-state index in [0.717, 1.165) is 17.5 Å². The lowest BCUT2D eigenvalue weighted by molar-refractivity contribution is 0.0903. The highest BCUT2D eigenvalue weighted by Crippen LogP contribution is 2.26. The van der Waals surface area contributed by atoms with Crippen LogP contribution in [0.15, 0.2) is 22.7 Å². The topological polar surface area (TPSA) is 68.4 Å². The van der Waals surface area contributed by atoms with Crippen molar-refractivity contribution in [2.24, 2.45) is 0 Å². The summed E-state index contributed by atoms with van der Waals surface area (Å²) >= 11 is 0. The second kappa shape index (κ2) is 5.18. The van der Waals surface area contributed by atoms with Gasteiger partial charge in [-0.2, -0.15) is 4.98 Å². The lowest BCUT2D eigenvalue weighted by Gasteiger charge is -2.06. The molecule has 0 spiro atoms. The number of phenolic OH excluding ortho intramolecular Hbond substituents is 1. The van der Waals surface area contributed by atoms with Crippen LogP contribution < -0.4 is 0 Å². The van der Waals surface area contributed by atoms with E-state index in [2.05, 4.69) is 10.1 Å².